The van der Waals surface area contributed by atoms with Crippen molar-refractivity contribution >= 4 is 17.5 Å². The van der Waals surface area contributed by atoms with E-state index in [0.29, 0.717) is 16.8 Å². The lowest BCUT2D eigenvalue weighted by molar-refractivity contribution is 0.0906. The van der Waals surface area contributed by atoms with Gasteiger partial charge in [-0.05, 0) is 31.7 Å². The molecule has 1 amide bonds. The van der Waals surface area contributed by atoms with Crippen LogP contribution in [0, 0.1) is 5.92 Å². The van der Waals surface area contributed by atoms with Crippen LogP contribution in [0.15, 0.2) is 12.3 Å². The van der Waals surface area contributed by atoms with Crippen molar-refractivity contribution in [3.63, 3.8) is 0 Å². The zero-order valence-electron chi connectivity index (χ0n) is 10.8. The van der Waals surface area contributed by atoms with Gasteiger partial charge in [-0.3, -0.25) is 4.79 Å². The van der Waals surface area contributed by atoms with Crippen LogP contribution in [0.1, 0.15) is 48.6 Å². The summed E-state index contributed by atoms with van der Waals surface area (Å²) in [6.07, 6.45) is 7.09. The monoisotopic (exact) mass is 282 g/mol. The molecule has 1 aromatic rings. The van der Waals surface area contributed by atoms with Crippen molar-refractivity contribution in [2.45, 2.75) is 44.2 Å². The molecule has 2 fully saturated rings. The van der Waals surface area contributed by atoms with Crippen LogP contribution < -0.4 is 5.32 Å². The average molecular weight is 283 g/mol. The Morgan fingerprint density at radius 1 is 1.42 bits per heavy atom. The van der Waals surface area contributed by atoms with E-state index in [2.05, 4.69) is 5.32 Å². The highest BCUT2D eigenvalue weighted by Gasteiger charge is 2.31. The van der Waals surface area contributed by atoms with Crippen LogP contribution in [0.2, 0.25) is 5.02 Å². The number of hydrogen-bond acceptors (Lipinski definition) is 2. The maximum atomic E-state index is 12.4. The van der Waals surface area contributed by atoms with Gasteiger partial charge in [-0.2, -0.15) is 0 Å². The van der Waals surface area contributed by atoms with Gasteiger partial charge in [0.15, 0.2) is 0 Å². The quantitative estimate of drug-likeness (QED) is 0.891. The Balaban J connectivity index is 1.73. The van der Waals surface area contributed by atoms with Crippen LogP contribution >= 0.6 is 11.6 Å². The molecule has 2 atom stereocenters. The summed E-state index contributed by atoms with van der Waals surface area (Å²) < 4.78 is 1.99. The largest absolute Gasteiger partial charge is 0.396 e. The number of halogens is 1. The highest BCUT2D eigenvalue weighted by Crippen LogP contribution is 2.37. The molecule has 0 saturated heterocycles. The van der Waals surface area contributed by atoms with E-state index >= 15 is 0 Å². The highest BCUT2D eigenvalue weighted by atomic mass is 35.5. The van der Waals surface area contributed by atoms with Gasteiger partial charge in [0.2, 0.25) is 0 Å². The molecule has 2 N–H and O–H groups in total. The number of aliphatic hydroxyl groups is 1. The maximum absolute atomic E-state index is 12.4. The molecular weight excluding hydrogens is 264 g/mol. The van der Waals surface area contributed by atoms with Crippen molar-refractivity contribution in [3.8, 4) is 0 Å². The van der Waals surface area contributed by atoms with Gasteiger partial charge in [0.25, 0.3) is 5.91 Å². The number of rotatable bonds is 4. The fraction of sp³-hybridized carbons (Fsp3) is 0.643. The third-order valence-corrected chi connectivity index (χ3v) is 4.40. The Morgan fingerprint density at radius 3 is 2.89 bits per heavy atom. The molecule has 0 aromatic carbocycles. The van der Waals surface area contributed by atoms with Crippen LogP contribution in [-0.2, 0) is 0 Å². The summed E-state index contributed by atoms with van der Waals surface area (Å²) in [5.74, 6) is 0.132. The zero-order valence-corrected chi connectivity index (χ0v) is 11.6. The first kappa shape index (κ1) is 13.0. The van der Waals surface area contributed by atoms with Gasteiger partial charge in [0.05, 0.1) is 5.02 Å². The van der Waals surface area contributed by atoms with E-state index in [1.54, 1.807) is 6.07 Å². The van der Waals surface area contributed by atoms with Gasteiger partial charge >= 0.3 is 0 Å². The molecule has 5 heteroatoms. The predicted molar refractivity (Wildman–Crippen MR) is 73.4 cm³/mol. The van der Waals surface area contributed by atoms with E-state index in [4.69, 9.17) is 11.6 Å². The highest BCUT2D eigenvalue weighted by molar-refractivity contribution is 6.31. The minimum Gasteiger partial charge on any atom is -0.396 e. The number of aromatic nitrogens is 1. The van der Waals surface area contributed by atoms with Crippen LogP contribution in [0.25, 0.3) is 0 Å². The lowest BCUT2D eigenvalue weighted by Crippen LogP contribution is -2.39. The number of aliphatic hydroxyl groups excluding tert-OH is 1. The Kier molecular flexibility index (Phi) is 3.54. The smallest absolute Gasteiger partial charge is 0.268 e. The maximum Gasteiger partial charge on any atom is 0.268 e. The minimum atomic E-state index is -0.0656. The van der Waals surface area contributed by atoms with Gasteiger partial charge in [0, 0.05) is 30.8 Å². The minimum absolute atomic E-state index is 0.0656. The molecule has 2 aliphatic carbocycles. The van der Waals surface area contributed by atoms with E-state index in [-0.39, 0.29) is 24.5 Å². The average Bonchev–Trinajstić information content (AvgIpc) is 3.02. The number of nitrogens with one attached hydrogen (secondary N) is 1. The number of hydrogen-bond donors (Lipinski definition) is 2. The van der Waals surface area contributed by atoms with Crippen molar-refractivity contribution in [1.29, 1.82) is 0 Å². The summed E-state index contributed by atoms with van der Waals surface area (Å²) in [4.78, 5) is 12.4. The molecule has 1 heterocycles. The van der Waals surface area contributed by atoms with Gasteiger partial charge in [-0.25, -0.2) is 0 Å². The molecule has 2 aliphatic rings. The third-order valence-electron chi connectivity index (χ3n) is 4.20. The normalized spacial score (nSPS) is 26.6. The Labute approximate surface area is 117 Å². The standard InChI is InChI=1S/C14H19ClN2O2/c15-10-6-13(17(7-10)11-4-5-11)14(19)16-12-3-1-2-9(12)8-18/h6-7,9,11-12,18H,1-5,8H2,(H,16,19). The second-order valence-corrected chi connectivity index (χ2v) is 6.07. The number of carbonyl (C=O) groups excluding carboxylic acids is 1. The number of carbonyl (C=O) groups is 1. The molecule has 0 radical (unpaired) electrons. The first-order chi connectivity index (χ1) is 9.19. The van der Waals surface area contributed by atoms with E-state index < -0.39 is 0 Å². The second kappa shape index (κ2) is 5.17. The van der Waals surface area contributed by atoms with Gasteiger partial charge < -0.3 is 15.0 Å². The van der Waals surface area contributed by atoms with E-state index in [9.17, 15) is 9.90 Å². The summed E-state index contributed by atoms with van der Waals surface area (Å²) in [6, 6.07) is 2.27. The Hall–Kier alpha value is -1.00. The van der Waals surface area contributed by atoms with E-state index in [0.717, 1.165) is 32.1 Å². The van der Waals surface area contributed by atoms with Crippen molar-refractivity contribution in [2.75, 3.05) is 6.61 Å². The fourth-order valence-electron chi connectivity index (χ4n) is 2.97. The van der Waals surface area contributed by atoms with Crippen LogP contribution in [0.5, 0.6) is 0 Å². The first-order valence-corrected chi connectivity index (χ1v) is 7.36. The summed E-state index contributed by atoms with van der Waals surface area (Å²) in [5.41, 5.74) is 0.649. The third kappa shape index (κ3) is 2.65. The van der Waals surface area contributed by atoms with Crippen molar-refractivity contribution in [2.24, 2.45) is 5.92 Å². The molecule has 2 unspecified atom stereocenters. The molecule has 1 aromatic heterocycles. The number of nitrogens with zero attached hydrogens (tertiary/aromatic N) is 1. The number of amides is 1. The van der Waals surface area contributed by atoms with Gasteiger partial charge in [-0.15, -0.1) is 0 Å². The van der Waals surface area contributed by atoms with Gasteiger partial charge in [-0.1, -0.05) is 18.0 Å². The molecule has 0 spiro atoms. The predicted octanol–water partition coefficient (Wildman–Crippen LogP) is 2.37. The SMILES string of the molecule is O=C(NC1CCCC1CO)c1cc(Cl)cn1C1CC1. The summed E-state index contributed by atoms with van der Waals surface area (Å²) in [5, 5.41) is 13.0. The van der Waals surface area contributed by atoms with E-state index in [1.165, 1.54) is 0 Å². The van der Waals surface area contributed by atoms with Gasteiger partial charge in [0.1, 0.15) is 5.69 Å². The van der Waals surface area contributed by atoms with Crippen LogP contribution in [-0.4, -0.2) is 28.2 Å². The Bertz CT molecular complexity index is 482. The second-order valence-electron chi connectivity index (χ2n) is 5.64. The summed E-state index contributed by atoms with van der Waals surface area (Å²) in [7, 11) is 0. The molecule has 19 heavy (non-hydrogen) atoms. The topological polar surface area (TPSA) is 54.3 Å². The molecule has 2 saturated carbocycles. The summed E-state index contributed by atoms with van der Waals surface area (Å²) in [6.45, 7) is 0.148. The molecular formula is C14H19ClN2O2. The van der Waals surface area contributed by atoms with Crippen molar-refractivity contribution < 1.29 is 9.90 Å². The van der Waals surface area contributed by atoms with Crippen LogP contribution in [0.4, 0.5) is 0 Å². The molecule has 4 nitrogen and oxygen atoms in total. The van der Waals surface area contributed by atoms with Crippen molar-refractivity contribution in [3.05, 3.63) is 23.0 Å². The van der Waals surface area contributed by atoms with Crippen molar-refractivity contribution in [1.82, 2.24) is 9.88 Å². The van der Waals surface area contributed by atoms with Crippen LogP contribution in [0.3, 0.4) is 0 Å². The molecule has 0 aliphatic heterocycles. The summed E-state index contributed by atoms with van der Waals surface area (Å²) >= 11 is 6.01. The molecule has 3 rings (SSSR count). The van der Waals surface area contributed by atoms with E-state index in [1.807, 2.05) is 10.8 Å². The Morgan fingerprint density at radius 2 is 2.21 bits per heavy atom. The molecule has 104 valence electrons. The zero-order chi connectivity index (χ0) is 13.4. The first-order valence-electron chi connectivity index (χ1n) is 6.98. The lowest BCUT2D eigenvalue weighted by atomic mass is 10.1. The fourth-order valence-corrected chi connectivity index (χ4v) is 3.18. The lowest BCUT2D eigenvalue weighted by Gasteiger charge is -2.19. The molecule has 0 bridgehead atoms.